The molecule has 0 bridgehead atoms. The largest absolute Gasteiger partial charge is 0.457 e. The van der Waals surface area contributed by atoms with Gasteiger partial charge in [0.05, 0.1) is 4.91 Å². The maximum atomic E-state index is 11.5. The molecule has 0 unspecified atom stereocenters. The second-order valence-electron chi connectivity index (χ2n) is 4.62. The van der Waals surface area contributed by atoms with E-state index in [4.69, 9.17) is 13.9 Å². The summed E-state index contributed by atoms with van der Waals surface area (Å²) < 4.78 is 16.3. The highest BCUT2D eigenvalue weighted by Gasteiger charge is 2.25. The Labute approximate surface area is 129 Å². The van der Waals surface area contributed by atoms with E-state index < -0.39 is 5.91 Å². The molecule has 2 aliphatic rings. The van der Waals surface area contributed by atoms with Crippen LogP contribution in [0.4, 0.5) is 4.79 Å². The molecule has 1 saturated heterocycles. The molecule has 1 N–H and O–H groups in total. The Bertz CT molecular complexity index is 823. The fraction of sp³-hybridized carbons (Fsp3) is 0.0667. The van der Waals surface area contributed by atoms with Gasteiger partial charge in [-0.05, 0) is 42.1 Å². The normalized spacial score (nSPS) is 18.1. The second kappa shape index (κ2) is 4.96. The molecular weight excluding hydrogens is 306 g/mol. The number of imide groups is 1. The van der Waals surface area contributed by atoms with E-state index in [-0.39, 0.29) is 12.0 Å². The van der Waals surface area contributed by atoms with Crippen molar-refractivity contribution >= 4 is 29.0 Å². The molecular formula is C15H9NO5S. The van der Waals surface area contributed by atoms with Gasteiger partial charge in [0.15, 0.2) is 11.5 Å². The van der Waals surface area contributed by atoms with E-state index in [9.17, 15) is 9.59 Å². The zero-order valence-electron chi connectivity index (χ0n) is 11.1. The number of amides is 2. The number of hydrogen-bond donors (Lipinski definition) is 1. The number of nitrogens with one attached hydrogen (secondary N) is 1. The van der Waals surface area contributed by atoms with E-state index in [2.05, 4.69) is 5.32 Å². The van der Waals surface area contributed by atoms with Crippen LogP contribution in [0.1, 0.15) is 5.76 Å². The zero-order valence-corrected chi connectivity index (χ0v) is 11.9. The summed E-state index contributed by atoms with van der Waals surface area (Å²) in [5.41, 5.74) is 0.841. The van der Waals surface area contributed by atoms with Gasteiger partial charge in [-0.2, -0.15) is 0 Å². The molecule has 2 aliphatic heterocycles. The van der Waals surface area contributed by atoms with Gasteiger partial charge in [0, 0.05) is 11.6 Å². The van der Waals surface area contributed by atoms with Crippen molar-refractivity contribution in [2.75, 3.05) is 6.79 Å². The molecule has 110 valence electrons. The zero-order chi connectivity index (χ0) is 15.1. The van der Waals surface area contributed by atoms with Gasteiger partial charge in [-0.15, -0.1) is 0 Å². The monoisotopic (exact) mass is 315 g/mol. The van der Waals surface area contributed by atoms with Gasteiger partial charge in [-0.25, -0.2) is 0 Å². The highest BCUT2D eigenvalue weighted by atomic mass is 32.2. The molecule has 1 aromatic heterocycles. The maximum Gasteiger partial charge on any atom is 0.290 e. The number of fused-ring (bicyclic) bond motifs is 1. The first-order valence-electron chi connectivity index (χ1n) is 6.44. The predicted molar refractivity (Wildman–Crippen MR) is 79.4 cm³/mol. The number of carbonyl (C=O) groups is 2. The van der Waals surface area contributed by atoms with Crippen molar-refractivity contribution in [1.82, 2.24) is 5.32 Å². The average Bonchev–Trinajstić information content (AvgIpc) is 3.19. The molecule has 3 heterocycles. The highest BCUT2D eigenvalue weighted by molar-refractivity contribution is 8.18. The number of benzene rings is 1. The minimum Gasteiger partial charge on any atom is -0.457 e. The molecule has 0 aliphatic carbocycles. The van der Waals surface area contributed by atoms with Crippen LogP contribution in [-0.2, 0) is 4.79 Å². The van der Waals surface area contributed by atoms with Crippen molar-refractivity contribution in [1.29, 1.82) is 0 Å². The smallest absolute Gasteiger partial charge is 0.290 e. The van der Waals surface area contributed by atoms with Crippen molar-refractivity contribution in [2.24, 2.45) is 0 Å². The number of furan rings is 1. The molecule has 0 atom stereocenters. The Morgan fingerprint density at radius 2 is 1.95 bits per heavy atom. The standard InChI is InChI=1S/C15H9NO5S/c17-14-13(22-15(18)16-14)6-9-2-4-10(21-9)8-1-3-11-12(5-8)20-7-19-11/h1-6H,7H2,(H,16,17,18)/b13-6-. The van der Waals surface area contributed by atoms with Gasteiger partial charge >= 0.3 is 0 Å². The topological polar surface area (TPSA) is 77.8 Å². The van der Waals surface area contributed by atoms with Crippen molar-refractivity contribution in [2.45, 2.75) is 0 Å². The number of ether oxygens (including phenoxy) is 2. The van der Waals surface area contributed by atoms with Crippen LogP contribution in [0.2, 0.25) is 0 Å². The second-order valence-corrected chi connectivity index (χ2v) is 5.64. The van der Waals surface area contributed by atoms with Crippen molar-refractivity contribution in [3.05, 3.63) is 41.0 Å². The van der Waals surface area contributed by atoms with Crippen molar-refractivity contribution in [3.8, 4) is 22.8 Å². The first-order valence-corrected chi connectivity index (χ1v) is 7.25. The highest BCUT2D eigenvalue weighted by Crippen LogP contribution is 2.36. The van der Waals surface area contributed by atoms with Crippen LogP contribution < -0.4 is 14.8 Å². The molecule has 6 nitrogen and oxygen atoms in total. The SMILES string of the molecule is O=C1NC(=O)/C(=C/c2ccc(-c3ccc4c(c3)OCO4)o2)S1. The first kappa shape index (κ1) is 13.0. The third kappa shape index (κ3) is 2.25. The van der Waals surface area contributed by atoms with E-state index in [1.54, 1.807) is 18.2 Å². The fourth-order valence-corrected chi connectivity index (χ4v) is 2.85. The summed E-state index contributed by atoms with van der Waals surface area (Å²) >= 11 is 0.855. The molecule has 1 aromatic carbocycles. The quantitative estimate of drug-likeness (QED) is 0.858. The van der Waals surface area contributed by atoms with Gasteiger partial charge in [-0.1, -0.05) is 0 Å². The molecule has 0 saturated carbocycles. The lowest BCUT2D eigenvalue weighted by Crippen LogP contribution is -2.17. The minimum absolute atomic E-state index is 0.217. The number of carbonyl (C=O) groups excluding carboxylic acids is 2. The van der Waals surface area contributed by atoms with Gasteiger partial charge < -0.3 is 13.9 Å². The summed E-state index contributed by atoms with van der Waals surface area (Å²) in [5, 5.41) is 1.82. The van der Waals surface area contributed by atoms with Crippen LogP contribution >= 0.6 is 11.8 Å². The summed E-state index contributed by atoms with van der Waals surface area (Å²) in [5.74, 6) is 2.11. The lowest BCUT2D eigenvalue weighted by atomic mass is 10.1. The third-order valence-corrected chi connectivity index (χ3v) is 4.01. The average molecular weight is 315 g/mol. The van der Waals surface area contributed by atoms with Crippen LogP contribution in [0.25, 0.3) is 17.4 Å². The third-order valence-electron chi connectivity index (χ3n) is 3.20. The van der Waals surface area contributed by atoms with Crippen LogP contribution in [0, 0.1) is 0 Å². The fourth-order valence-electron chi connectivity index (χ4n) is 2.19. The summed E-state index contributed by atoms with van der Waals surface area (Å²) in [4.78, 5) is 22.9. The lowest BCUT2D eigenvalue weighted by molar-refractivity contribution is -0.115. The van der Waals surface area contributed by atoms with Crippen LogP contribution in [0.3, 0.4) is 0 Å². The summed E-state index contributed by atoms with van der Waals surface area (Å²) in [7, 11) is 0. The van der Waals surface area contributed by atoms with Gasteiger partial charge in [0.2, 0.25) is 6.79 Å². The van der Waals surface area contributed by atoms with Crippen LogP contribution in [0.15, 0.2) is 39.7 Å². The van der Waals surface area contributed by atoms with E-state index in [0.29, 0.717) is 27.9 Å². The van der Waals surface area contributed by atoms with Crippen molar-refractivity contribution in [3.63, 3.8) is 0 Å². The summed E-state index contributed by atoms with van der Waals surface area (Å²) in [6.45, 7) is 0.217. The number of hydrogen-bond acceptors (Lipinski definition) is 6. The van der Waals surface area contributed by atoms with E-state index in [1.807, 2.05) is 18.2 Å². The molecule has 0 spiro atoms. The molecule has 0 radical (unpaired) electrons. The van der Waals surface area contributed by atoms with E-state index in [0.717, 1.165) is 17.3 Å². The Balaban J connectivity index is 1.63. The minimum atomic E-state index is -0.406. The summed E-state index contributed by atoms with van der Waals surface area (Å²) in [6, 6.07) is 9.05. The molecule has 2 amide bonds. The molecule has 2 aromatic rings. The lowest BCUT2D eigenvalue weighted by Gasteiger charge is -1.99. The van der Waals surface area contributed by atoms with Crippen molar-refractivity contribution < 1.29 is 23.5 Å². The van der Waals surface area contributed by atoms with Crippen LogP contribution in [0.5, 0.6) is 11.5 Å². The van der Waals surface area contributed by atoms with Gasteiger partial charge in [0.25, 0.3) is 11.1 Å². The Kier molecular flexibility index (Phi) is 2.93. The number of rotatable bonds is 2. The van der Waals surface area contributed by atoms with E-state index in [1.165, 1.54) is 0 Å². The molecule has 4 rings (SSSR count). The maximum absolute atomic E-state index is 11.5. The first-order chi connectivity index (χ1) is 10.7. The number of thioether (sulfide) groups is 1. The Morgan fingerprint density at radius 1 is 1.09 bits per heavy atom. The predicted octanol–water partition coefficient (Wildman–Crippen LogP) is 3.00. The Morgan fingerprint density at radius 3 is 2.77 bits per heavy atom. The van der Waals surface area contributed by atoms with Crippen LogP contribution in [-0.4, -0.2) is 17.9 Å². The summed E-state index contributed by atoms with van der Waals surface area (Å²) in [6.07, 6.45) is 1.54. The van der Waals surface area contributed by atoms with E-state index >= 15 is 0 Å². The molecule has 1 fully saturated rings. The molecule has 7 heteroatoms. The van der Waals surface area contributed by atoms with Gasteiger partial charge in [-0.3, -0.25) is 14.9 Å². The molecule has 22 heavy (non-hydrogen) atoms. The van der Waals surface area contributed by atoms with Gasteiger partial charge in [0.1, 0.15) is 11.5 Å². The Hall–Kier alpha value is -2.67.